The smallest absolute Gasteiger partial charge is 0.0954 e. The largest absolute Gasteiger partial charge is 0.387 e. The first-order valence-corrected chi connectivity index (χ1v) is 6.61. The lowest BCUT2D eigenvalue weighted by Crippen LogP contribution is -1.98. The number of thiazole rings is 1. The number of nitrogens with zero attached hydrogens (tertiary/aromatic N) is 1. The number of aliphatic hydroxyl groups is 1. The predicted octanol–water partition coefficient (Wildman–Crippen LogP) is 3.24. The van der Waals surface area contributed by atoms with Gasteiger partial charge < -0.3 is 5.11 Å². The number of hydrogen-bond donors (Lipinski definition) is 1. The van der Waals surface area contributed by atoms with Crippen LogP contribution in [0.2, 0.25) is 0 Å². The van der Waals surface area contributed by atoms with E-state index in [-0.39, 0.29) is 0 Å². The number of aromatic nitrogens is 1. The topological polar surface area (TPSA) is 33.1 Å². The molecule has 2 aromatic rings. The molecule has 0 aromatic carbocycles. The fraction of sp³-hybridized carbons (Fsp3) is 0.222. The summed E-state index contributed by atoms with van der Waals surface area (Å²) in [5, 5.41) is 14.7. The Morgan fingerprint density at radius 2 is 2.36 bits per heavy atom. The molecule has 0 spiro atoms. The normalized spacial score (nSPS) is 13.0. The summed E-state index contributed by atoms with van der Waals surface area (Å²) in [7, 11) is 0. The van der Waals surface area contributed by atoms with Crippen LogP contribution in [0.4, 0.5) is 0 Å². The van der Waals surface area contributed by atoms with Crippen LogP contribution in [0.5, 0.6) is 0 Å². The summed E-state index contributed by atoms with van der Waals surface area (Å²) in [4.78, 5) is 5.12. The van der Waals surface area contributed by atoms with Gasteiger partial charge in [0.15, 0.2) is 0 Å². The molecule has 74 valence electrons. The third kappa shape index (κ3) is 2.42. The highest BCUT2D eigenvalue weighted by molar-refractivity contribution is 9.10. The molecule has 5 heteroatoms. The highest BCUT2D eigenvalue weighted by atomic mass is 79.9. The minimum Gasteiger partial charge on any atom is -0.387 e. The molecule has 0 fully saturated rings. The molecule has 0 bridgehead atoms. The summed E-state index contributed by atoms with van der Waals surface area (Å²) in [6, 6.07) is 1.95. The lowest BCUT2D eigenvalue weighted by atomic mass is 10.2. The molecule has 2 heterocycles. The van der Waals surface area contributed by atoms with Crippen LogP contribution in [0.25, 0.3) is 0 Å². The van der Waals surface area contributed by atoms with E-state index in [4.69, 9.17) is 0 Å². The first-order chi connectivity index (χ1) is 6.75. The first kappa shape index (κ1) is 10.3. The summed E-state index contributed by atoms with van der Waals surface area (Å²) in [5.41, 5.74) is 0. The Bertz CT molecular complexity index is 399. The maximum atomic E-state index is 9.86. The van der Waals surface area contributed by atoms with E-state index >= 15 is 0 Å². The van der Waals surface area contributed by atoms with Gasteiger partial charge in [0, 0.05) is 32.7 Å². The zero-order chi connectivity index (χ0) is 9.97. The summed E-state index contributed by atoms with van der Waals surface area (Å²) < 4.78 is 1.02. The number of rotatable bonds is 3. The molecule has 2 rings (SSSR count). The Morgan fingerprint density at radius 3 is 2.93 bits per heavy atom. The van der Waals surface area contributed by atoms with Gasteiger partial charge in [-0.15, -0.1) is 22.7 Å². The SMILES string of the molecule is OC(Cc1nccs1)c1cc(Br)cs1. The number of halogens is 1. The molecule has 0 aliphatic heterocycles. The zero-order valence-electron chi connectivity index (χ0n) is 7.18. The van der Waals surface area contributed by atoms with E-state index in [9.17, 15) is 5.11 Å². The molecule has 0 radical (unpaired) electrons. The van der Waals surface area contributed by atoms with Gasteiger partial charge in [-0.1, -0.05) is 0 Å². The van der Waals surface area contributed by atoms with E-state index in [2.05, 4.69) is 20.9 Å². The molecule has 2 aromatic heterocycles. The second kappa shape index (κ2) is 4.53. The minimum atomic E-state index is -0.433. The molecule has 0 amide bonds. The summed E-state index contributed by atoms with van der Waals surface area (Å²) in [6.07, 6.45) is 1.93. The lowest BCUT2D eigenvalue weighted by molar-refractivity contribution is 0.182. The van der Waals surface area contributed by atoms with Crippen molar-refractivity contribution in [3.8, 4) is 0 Å². The number of aliphatic hydroxyl groups excluding tert-OH is 1. The molecular weight excluding hydrogens is 282 g/mol. The zero-order valence-corrected chi connectivity index (χ0v) is 10.4. The second-order valence-electron chi connectivity index (χ2n) is 2.81. The van der Waals surface area contributed by atoms with E-state index < -0.39 is 6.10 Å². The van der Waals surface area contributed by atoms with Crippen molar-refractivity contribution in [3.63, 3.8) is 0 Å². The number of hydrogen-bond acceptors (Lipinski definition) is 4. The first-order valence-electron chi connectivity index (χ1n) is 4.06. The molecule has 1 unspecified atom stereocenters. The van der Waals surface area contributed by atoms with E-state index in [1.807, 2.05) is 16.8 Å². The monoisotopic (exact) mass is 289 g/mol. The predicted molar refractivity (Wildman–Crippen MR) is 62.8 cm³/mol. The van der Waals surface area contributed by atoms with Crippen LogP contribution in [0.3, 0.4) is 0 Å². The van der Waals surface area contributed by atoms with E-state index in [0.717, 1.165) is 14.4 Å². The van der Waals surface area contributed by atoms with Gasteiger partial charge in [0.2, 0.25) is 0 Å². The molecule has 0 saturated carbocycles. The molecular formula is C9H8BrNOS2. The highest BCUT2D eigenvalue weighted by Gasteiger charge is 2.11. The van der Waals surface area contributed by atoms with Gasteiger partial charge in [0.25, 0.3) is 0 Å². The third-order valence-corrected chi connectivity index (χ3v) is 4.36. The quantitative estimate of drug-likeness (QED) is 0.941. The van der Waals surface area contributed by atoms with Crippen LogP contribution < -0.4 is 0 Å². The number of thiophene rings is 1. The molecule has 0 aliphatic carbocycles. The van der Waals surface area contributed by atoms with Crippen LogP contribution in [0.1, 0.15) is 16.0 Å². The standard InChI is InChI=1S/C9H8BrNOS2/c10-6-3-8(14-5-6)7(12)4-9-11-1-2-13-9/h1-3,5,7,12H,4H2. The van der Waals surface area contributed by atoms with E-state index in [0.29, 0.717) is 6.42 Å². The molecule has 0 saturated heterocycles. The van der Waals surface area contributed by atoms with Crippen LogP contribution in [-0.4, -0.2) is 10.1 Å². The maximum absolute atomic E-state index is 9.86. The van der Waals surface area contributed by atoms with Gasteiger partial charge in [0.1, 0.15) is 0 Å². The molecule has 14 heavy (non-hydrogen) atoms. The lowest BCUT2D eigenvalue weighted by Gasteiger charge is -2.04. The van der Waals surface area contributed by atoms with Crippen molar-refractivity contribution in [1.82, 2.24) is 4.98 Å². The summed E-state index contributed by atoms with van der Waals surface area (Å²) in [6.45, 7) is 0. The van der Waals surface area contributed by atoms with Crippen molar-refractivity contribution < 1.29 is 5.11 Å². The fourth-order valence-electron chi connectivity index (χ4n) is 1.12. The molecule has 2 nitrogen and oxygen atoms in total. The van der Waals surface area contributed by atoms with Crippen molar-refractivity contribution in [2.75, 3.05) is 0 Å². The van der Waals surface area contributed by atoms with Crippen LogP contribution in [-0.2, 0) is 6.42 Å². The third-order valence-electron chi connectivity index (χ3n) is 1.77. The van der Waals surface area contributed by atoms with Gasteiger partial charge in [-0.2, -0.15) is 0 Å². The Balaban J connectivity index is 2.06. The Hall–Kier alpha value is -0.230. The van der Waals surface area contributed by atoms with Crippen molar-refractivity contribution >= 4 is 38.6 Å². The average molecular weight is 290 g/mol. The van der Waals surface area contributed by atoms with Crippen molar-refractivity contribution in [1.29, 1.82) is 0 Å². The Kier molecular flexibility index (Phi) is 3.33. The van der Waals surface area contributed by atoms with Gasteiger partial charge >= 0.3 is 0 Å². The van der Waals surface area contributed by atoms with Crippen molar-refractivity contribution in [3.05, 3.63) is 37.4 Å². The van der Waals surface area contributed by atoms with E-state index in [1.165, 1.54) is 0 Å². The van der Waals surface area contributed by atoms with E-state index in [1.54, 1.807) is 28.9 Å². The van der Waals surface area contributed by atoms with Crippen LogP contribution >= 0.6 is 38.6 Å². The average Bonchev–Trinajstić information content (AvgIpc) is 2.75. The molecule has 0 aliphatic rings. The van der Waals surface area contributed by atoms with Crippen molar-refractivity contribution in [2.24, 2.45) is 0 Å². The summed E-state index contributed by atoms with van der Waals surface area (Å²) in [5.74, 6) is 0. The van der Waals surface area contributed by atoms with Crippen LogP contribution in [0, 0.1) is 0 Å². The minimum absolute atomic E-state index is 0.433. The molecule has 1 N–H and O–H groups in total. The Labute approximate surface area is 98.4 Å². The van der Waals surface area contributed by atoms with Gasteiger partial charge in [-0.3, -0.25) is 0 Å². The van der Waals surface area contributed by atoms with Gasteiger partial charge in [-0.05, 0) is 22.0 Å². The Morgan fingerprint density at radius 1 is 1.50 bits per heavy atom. The second-order valence-corrected chi connectivity index (χ2v) is 5.65. The maximum Gasteiger partial charge on any atom is 0.0954 e. The van der Waals surface area contributed by atoms with Gasteiger partial charge in [-0.25, -0.2) is 4.98 Å². The highest BCUT2D eigenvalue weighted by Crippen LogP contribution is 2.27. The molecule has 1 atom stereocenters. The van der Waals surface area contributed by atoms with Gasteiger partial charge in [0.05, 0.1) is 11.1 Å². The summed E-state index contributed by atoms with van der Waals surface area (Å²) >= 11 is 6.50. The van der Waals surface area contributed by atoms with Crippen LogP contribution in [0.15, 0.2) is 27.5 Å². The fourth-order valence-corrected chi connectivity index (χ4v) is 3.21. The van der Waals surface area contributed by atoms with Crippen molar-refractivity contribution in [2.45, 2.75) is 12.5 Å².